The number of hydrogen-bond acceptors (Lipinski definition) is 2. The smallest absolute Gasteiger partial charge is 0.139 e. The summed E-state index contributed by atoms with van der Waals surface area (Å²) in [5.41, 5.74) is 10.3. The maximum absolute atomic E-state index is 14.1. The lowest BCUT2D eigenvalue weighted by atomic mass is 9.95. The highest BCUT2D eigenvalue weighted by Crippen LogP contribution is 2.20. The molecule has 0 bridgehead atoms. The molecule has 0 saturated carbocycles. The lowest BCUT2D eigenvalue weighted by Gasteiger charge is -2.21. The molecule has 0 amide bonds. The molecule has 106 valence electrons. The molecule has 19 heavy (non-hydrogen) atoms. The zero-order chi connectivity index (χ0) is 12.3. The number of benzene rings is 2. The third-order valence-electron chi connectivity index (χ3n) is 3.07. The molecule has 0 radical (unpaired) electrons. The maximum Gasteiger partial charge on any atom is 0.139 e. The fourth-order valence-corrected chi connectivity index (χ4v) is 1.94. The normalized spacial score (nSPS) is 10.7. The number of fused-ring (bicyclic) bond motifs is 1. The van der Waals surface area contributed by atoms with Crippen molar-refractivity contribution in [1.29, 1.82) is 0 Å². The van der Waals surface area contributed by atoms with Gasteiger partial charge >= 0.3 is 0 Å². The molecule has 0 aromatic heterocycles. The minimum absolute atomic E-state index is 0. The van der Waals surface area contributed by atoms with Gasteiger partial charge in [-0.2, -0.15) is 0 Å². The average Bonchev–Trinajstić information content (AvgIpc) is 2.38. The van der Waals surface area contributed by atoms with Crippen molar-refractivity contribution in [1.82, 2.24) is 0 Å². The van der Waals surface area contributed by atoms with Crippen LogP contribution in [-0.4, -0.2) is 18.8 Å². The van der Waals surface area contributed by atoms with Gasteiger partial charge in [-0.25, -0.2) is 4.39 Å². The van der Waals surface area contributed by atoms with Crippen molar-refractivity contribution in [3.8, 4) is 0 Å². The second-order valence-corrected chi connectivity index (χ2v) is 4.42. The highest BCUT2D eigenvalue weighted by atomic mass is 35.5. The molecule has 4 N–H and O–H groups in total. The largest absolute Gasteiger partial charge is 0.327 e. The first-order valence-corrected chi connectivity index (χ1v) is 5.74. The molecule has 0 unspecified atom stereocenters. The zero-order valence-corrected chi connectivity index (χ0v) is 12.1. The summed E-state index contributed by atoms with van der Waals surface area (Å²) in [5.74, 6) is 0. The molecule has 0 aliphatic rings. The van der Waals surface area contributed by atoms with E-state index in [4.69, 9.17) is 11.5 Å². The van der Waals surface area contributed by atoms with Crippen LogP contribution in [0.25, 0.3) is 10.8 Å². The Hall–Kier alpha value is -0.870. The third kappa shape index (κ3) is 4.32. The predicted molar refractivity (Wildman–Crippen MR) is 84.1 cm³/mol. The van der Waals surface area contributed by atoms with Crippen molar-refractivity contribution in [2.45, 2.75) is 12.1 Å². The second-order valence-electron chi connectivity index (χ2n) is 4.42. The van der Waals surface area contributed by atoms with Crippen molar-refractivity contribution in [2.24, 2.45) is 11.5 Å². The topological polar surface area (TPSA) is 52.0 Å². The molecule has 2 aromatic rings. The standard InChI is InChI=1S/C14H17FN2.2ClH/c15-14(9-16,10-17)8-11-5-6-12-3-1-2-4-13(12)7-11;;/h1-7H,8-10,16-17H2;2*1H. The average molecular weight is 305 g/mol. The van der Waals surface area contributed by atoms with Crippen LogP contribution in [0.3, 0.4) is 0 Å². The summed E-state index contributed by atoms with van der Waals surface area (Å²) in [6.45, 7) is -0.0906. The van der Waals surface area contributed by atoms with Crippen LogP contribution >= 0.6 is 24.8 Å². The summed E-state index contributed by atoms with van der Waals surface area (Å²) in [6.07, 6.45) is 0.269. The fraction of sp³-hybridized carbons (Fsp3) is 0.286. The summed E-state index contributed by atoms with van der Waals surface area (Å²) >= 11 is 0. The molecule has 0 heterocycles. The number of halogens is 3. The lowest BCUT2D eigenvalue weighted by Crippen LogP contribution is -2.42. The van der Waals surface area contributed by atoms with Crippen LogP contribution in [0.5, 0.6) is 0 Å². The van der Waals surface area contributed by atoms with Gasteiger partial charge in [0.2, 0.25) is 0 Å². The van der Waals surface area contributed by atoms with Gasteiger partial charge in [-0.3, -0.25) is 0 Å². The van der Waals surface area contributed by atoms with Crippen molar-refractivity contribution >= 4 is 35.6 Å². The van der Waals surface area contributed by atoms with E-state index in [2.05, 4.69) is 0 Å². The highest BCUT2D eigenvalue weighted by molar-refractivity contribution is 5.85. The van der Waals surface area contributed by atoms with Gasteiger partial charge in [-0.05, 0) is 16.3 Å². The van der Waals surface area contributed by atoms with Crippen LogP contribution in [0, 0.1) is 0 Å². The van der Waals surface area contributed by atoms with Crippen LogP contribution < -0.4 is 11.5 Å². The van der Waals surface area contributed by atoms with E-state index < -0.39 is 5.67 Å². The van der Waals surface area contributed by atoms with Crippen LogP contribution in [0.2, 0.25) is 0 Å². The summed E-state index contributed by atoms with van der Waals surface area (Å²) in [7, 11) is 0. The first-order chi connectivity index (χ1) is 8.17. The molecule has 0 spiro atoms. The predicted octanol–water partition coefficient (Wildman–Crippen LogP) is 2.85. The molecule has 0 aliphatic carbocycles. The molecule has 0 aliphatic heterocycles. The van der Waals surface area contributed by atoms with Crippen molar-refractivity contribution in [2.75, 3.05) is 13.1 Å². The molecule has 0 fully saturated rings. The van der Waals surface area contributed by atoms with Gasteiger partial charge in [0, 0.05) is 19.5 Å². The molecule has 2 rings (SSSR count). The maximum atomic E-state index is 14.1. The minimum Gasteiger partial charge on any atom is -0.327 e. The molecule has 0 atom stereocenters. The number of nitrogens with two attached hydrogens (primary N) is 2. The van der Waals surface area contributed by atoms with E-state index in [9.17, 15) is 4.39 Å². The van der Waals surface area contributed by atoms with E-state index in [0.717, 1.165) is 16.3 Å². The van der Waals surface area contributed by atoms with Gasteiger partial charge in [0.05, 0.1) is 0 Å². The molecule has 2 nitrogen and oxygen atoms in total. The molecule has 5 heteroatoms. The van der Waals surface area contributed by atoms with Crippen LogP contribution in [0.15, 0.2) is 42.5 Å². The summed E-state index contributed by atoms with van der Waals surface area (Å²) in [6, 6.07) is 13.9. The minimum atomic E-state index is -1.50. The van der Waals surface area contributed by atoms with Crippen LogP contribution in [0.1, 0.15) is 5.56 Å². The number of alkyl halides is 1. The van der Waals surface area contributed by atoms with Crippen molar-refractivity contribution in [3.05, 3.63) is 48.0 Å². The zero-order valence-electron chi connectivity index (χ0n) is 10.5. The van der Waals surface area contributed by atoms with E-state index in [0.29, 0.717) is 0 Å². The summed E-state index contributed by atoms with van der Waals surface area (Å²) in [4.78, 5) is 0. The van der Waals surface area contributed by atoms with Gasteiger partial charge in [0.15, 0.2) is 0 Å². The SMILES string of the molecule is Cl.Cl.NCC(F)(CN)Cc1ccc2ccccc2c1. The van der Waals surface area contributed by atoms with E-state index in [1.165, 1.54) is 0 Å². The van der Waals surface area contributed by atoms with E-state index >= 15 is 0 Å². The van der Waals surface area contributed by atoms with Gasteiger partial charge in [-0.15, -0.1) is 24.8 Å². The Balaban J connectivity index is 0.00000162. The molecule has 2 aromatic carbocycles. The second kappa shape index (κ2) is 7.65. The first-order valence-electron chi connectivity index (χ1n) is 5.74. The van der Waals surface area contributed by atoms with Crippen LogP contribution in [-0.2, 0) is 6.42 Å². The molecule has 0 saturated heterocycles. The quantitative estimate of drug-likeness (QED) is 0.912. The van der Waals surface area contributed by atoms with Crippen LogP contribution in [0.4, 0.5) is 4.39 Å². The van der Waals surface area contributed by atoms with E-state index in [1.54, 1.807) is 0 Å². The van der Waals surface area contributed by atoms with Gasteiger partial charge in [-0.1, -0.05) is 42.5 Å². The Labute approximate surface area is 125 Å². The summed E-state index contributed by atoms with van der Waals surface area (Å²) < 4.78 is 14.1. The number of hydrogen-bond donors (Lipinski definition) is 2. The van der Waals surface area contributed by atoms with Gasteiger partial charge < -0.3 is 11.5 Å². The Morgan fingerprint density at radius 2 is 1.47 bits per heavy atom. The lowest BCUT2D eigenvalue weighted by molar-refractivity contribution is 0.184. The fourth-order valence-electron chi connectivity index (χ4n) is 1.94. The summed E-state index contributed by atoms with van der Waals surface area (Å²) in [5, 5.41) is 2.27. The highest BCUT2D eigenvalue weighted by Gasteiger charge is 2.26. The number of rotatable bonds is 4. The molecular weight excluding hydrogens is 286 g/mol. The Bertz CT molecular complexity index is 516. The Morgan fingerprint density at radius 3 is 2.05 bits per heavy atom. The Kier molecular flexibility index (Phi) is 7.30. The van der Waals surface area contributed by atoms with Gasteiger partial charge in [0.25, 0.3) is 0 Å². The van der Waals surface area contributed by atoms with E-state index in [-0.39, 0.29) is 44.3 Å². The third-order valence-corrected chi connectivity index (χ3v) is 3.07. The monoisotopic (exact) mass is 304 g/mol. The van der Waals surface area contributed by atoms with Crippen molar-refractivity contribution in [3.63, 3.8) is 0 Å². The molecular formula is C14H19Cl2FN2. The Morgan fingerprint density at radius 1 is 0.895 bits per heavy atom. The van der Waals surface area contributed by atoms with Crippen molar-refractivity contribution < 1.29 is 4.39 Å². The first kappa shape index (κ1) is 18.1. The van der Waals surface area contributed by atoms with E-state index in [1.807, 2.05) is 42.5 Å². The van der Waals surface area contributed by atoms with Gasteiger partial charge in [0.1, 0.15) is 5.67 Å².